The highest BCUT2D eigenvalue weighted by Gasteiger charge is 2.23. The summed E-state index contributed by atoms with van der Waals surface area (Å²) in [5, 5.41) is 14.4. The molecular weight excluding hydrogens is 404 g/mol. The Bertz CT molecular complexity index is 1570. The topological polar surface area (TPSA) is 88.3 Å². The van der Waals surface area contributed by atoms with Gasteiger partial charge in [0.15, 0.2) is 11.5 Å². The molecular formula is C23H18N8O. The average molecular weight is 422 g/mol. The van der Waals surface area contributed by atoms with Gasteiger partial charge in [0.05, 0.1) is 24.1 Å². The number of nitrogens with zero attached hydrogens (tertiary/aromatic N) is 8. The van der Waals surface area contributed by atoms with Crippen molar-refractivity contribution in [3.63, 3.8) is 0 Å². The fraction of sp³-hybridized carbons (Fsp3) is 0.0870. The Kier molecular flexibility index (Phi) is 4.00. The minimum absolute atomic E-state index is 0.285. The molecule has 6 rings (SSSR count). The molecule has 0 amide bonds. The van der Waals surface area contributed by atoms with E-state index in [9.17, 15) is 4.79 Å². The number of benzene rings is 2. The lowest BCUT2D eigenvalue weighted by Crippen LogP contribution is -2.17. The molecule has 0 N–H and O–H groups in total. The van der Waals surface area contributed by atoms with Crippen molar-refractivity contribution in [1.29, 1.82) is 0 Å². The summed E-state index contributed by atoms with van der Waals surface area (Å²) < 4.78 is 6.76. The van der Waals surface area contributed by atoms with Gasteiger partial charge < -0.3 is 4.57 Å². The van der Waals surface area contributed by atoms with Gasteiger partial charge in [-0.1, -0.05) is 30.3 Å². The molecule has 0 spiro atoms. The highest BCUT2D eigenvalue weighted by Crippen LogP contribution is 2.26. The molecule has 32 heavy (non-hydrogen) atoms. The molecule has 0 saturated heterocycles. The molecule has 9 heteroatoms. The van der Waals surface area contributed by atoms with Gasteiger partial charge in [-0.2, -0.15) is 20.0 Å². The molecule has 2 aromatic carbocycles. The summed E-state index contributed by atoms with van der Waals surface area (Å²) in [6.45, 7) is 0.518. The normalized spacial score (nSPS) is 11.5. The molecule has 4 heterocycles. The van der Waals surface area contributed by atoms with Crippen molar-refractivity contribution in [3.05, 3.63) is 95.4 Å². The lowest BCUT2D eigenvalue weighted by atomic mass is 10.1. The molecule has 0 bridgehead atoms. The Morgan fingerprint density at radius 2 is 1.78 bits per heavy atom. The Labute approximate surface area is 182 Å². The van der Waals surface area contributed by atoms with Crippen LogP contribution in [0.15, 0.2) is 84.3 Å². The molecule has 9 nitrogen and oxygen atoms in total. The van der Waals surface area contributed by atoms with Crippen LogP contribution in [-0.2, 0) is 13.6 Å². The number of rotatable bonds is 4. The van der Waals surface area contributed by atoms with Gasteiger partial charge in [-0.05, 0) is 29.8 Å². The highest BCUT2D eigenvalue weighted by molar-refractivity contribution is 5.92. The van der Waals surface area contributed by atoms with Crippen molar-refractivity contribution < 1.29 is 0 Å². The second-order valence-electron chi connectivity index (χ2n) is 7.60. The second-order valence-corrected chi connectivity index (χ2v) is 7.60. The summed E-state index contributed by atoms with van der Waals surface area (Å²) in [6.07, 6.45) is 7.05. The molecule has 0 unspecified atom stereocenters. The van der Waals surface area contributed by atoms with E-state index in [1.807, 2.05) is 77.2 Å². The van der Waals surface area contributed by atoms with Crippen LogP contribution in [0.1, 0.15) is 5.56 Å². The van der Waals surface area contributed by atoms with E-state index in [0.717, 1.165) is 22.2 Å². The van der Waals surface area contributed by atoms with Crippen LogP contribution in [0.4, 0.5) is 0 Å². The maximum atomic E-state index is 13.1. The van der Waals surface area contributed by atoms with Crippen molar-refractivity contribution in [3.8, 4) is 22.9 Å². The van der Waals surface area contributed by atoms with Crippen LogP contribution >= 0.6 is 0 Å². The largest absolute Gasteiger partial charge is 0.338 e. The first-order valence-corrected chi connectivity index (χ1v) is 10.1. The molecule has 2 aromatic heterocycles. The molecule has 0 aliphatic carbocycles. The number of hydrogen-bond acceptors (Lipinski definition) is 5. The van der Waals surface area contributed by atoms with E-state index in [1.54, 1.807) is 23.3 Å². The Morgan fingerprint density at radius 3 is 2.53 bits per heavy atom. The molecule has 0 radical (unpaired) electrons. The third-order valence-corrected chi connectivity index (χ3v) is 5.42. The molecule has 0 atom stereocenters. The van der Waals surface area contributed by atoms with Crippen LogP contribution in [-0.4, -0.2) is 38.9 Å². The smallest absolute Gasteiger partial charge is 0.302 e. The van der Waals surface area contributed by atoms with Crippen LogP contribution in [0.5, 0.6) is 0 Å². The van der Waals surface area contributed by atoms with Gasteiger partial charge in [0.2, 0.25) is 0 Å². The zero-order valence-electron chi connectivity index (χ0n) is 17.2. The monoisotopic (exact) mass is 422 g/mol. The van der Waals surface area contributed by atoms with Gasteiger partial charge in [0, 0.05) is 31.0 Å². The van der Waals surface area contributed by atoms with Gasteiger partial charge in [-0.3, -0.25) is 9.48 Å². The van der Waals surface area contributed by atoms with E-state index in [4.69, 9.17) is 5.10 Å². The lowest BCUT2D eigenvalue weighted by molar-refractivity contribution is 0.698. The zero-order chi connectivity index (χ0) is 21.7. The minimum atomic E-state index is -0.285. The van der Waals surface area contributed by atoms with Crippen LogP contribution in [0.3, 0.4) is 0 Å². The predicted octanol–water partition coefficient (Wildman–Crippen LogP) is 2.65. The first-order chi connectivity index (χ1) is 15.7. The fourth-order valence-electron chi connectivity index (χ4n) is 3.87. The molecule has 2 aliphatic heterocycles. The molecule has 2 aliphatic rings. The van der Waals surface area contributed by atoms with Crippen LogP contribution in [0.25, 0.3) is 33.8 Å². The highest BCUT2D eigenvalue weighted by atomic mass is 16.1. The van der Waals surface area contributed by atoms with Gasteiger partial charge in [-0.15, -0.1) is 0 Å². The maximum absolute atomic E-state index is 13.1. The molecule has 0 saturated carbocycles. The van der Waals surface area contributed by atoms with Crippen molar-refractivity contribution in [2.75, 3.05) is 0 Å². The van der Waals surface area contributed by atoms with E-state index in [1.165, 1.54) is 4.68 Å². The Morgan fingerprint density at radius 1 is 0.938 bits per heavy atom. The first kappa shape index (κ1) is 18.3. The van der Waals surface area contributed by atoms with Crippen LogP contribution in [0, 0.1) is 0 Å². The number of aryl methyl sites for hydroxylation is 1. The number of aromatic nitrogens is 8. The summed E-state index contributed by atoms with van der Waals surface area (Å²) in [5.74, 6) is 0.473. The molecule has 4 aromatic rings. The summed E-state index contributed by atoms with van der Waals surface area (Å²) >= 11 is 0. The molecule has 156 valence electrons. The van der Waals surface area contributed by atoms with Gasteiger partial charge in [0.1, 0.15) is 5.69 Å². The molecule has 0 fully saturated rings. The lowest BCUT2D eigenvalue weighted by Gasteiger charge is -2.12. The van der Waals surface area contributed by atoms with E-state index >= 15 is 0 Å². The third-order valence-electron chi connectivity index (χ3n) is 5.42. The summed E-state index contributed by atoms with van der Waals surface area (Å²) in [7, 11) is 1.85. The SMILES string of the molecule is Cn1cnc(-n2nc3c4ccccc4n(Cc4ccc(-n5cccn5)cc4)nc-3c2=O)c1. The zero-order valence-corrected chi connectivity index (χ0v) is 17.2. The number of para-hydroxylation sites is 1. The Balaban J connectivity index is 1.47. The first-order valence-electron chi connectivity index (χ1n) is 10.1. The van der Waals surface area contributed by atoms with Crippen molar-refractivity contribution >= 4 is 10.9 Å². The average Bonchev–Trinajstić information content (AvgIpc) is 3.56. The van der Waals surface area contributed by atoms with Gasteiger partial charge >= 0.3 is 5.56 Å². The van der Waals surface area contributed by atoms with Gasteiger partial charge in [0.25, 0.3) is 0 Å². The standard InChI is InChI=1S/C23H18N8O/c1-28-14-20(24-15-28)31-23(32)22-21(27-31)18-5-2-3-6-19(18)30(26-22)13-16-7-9-17(10-8-16)29-12-4-11-25-29/h2-12,14-15H,13H2,1H3. The summed E-state index contributed by atoms with van der Waals surface area (Å²) in [5.41, 5.74) is 3.56. The minimum Gasteiger partial charge on any atom is -0.338 e. The predicted molar refractivity (Wildman–Crippen MR) is 119 cm³/mol. The number of imidazole rings is 1. The van der Waals surface area contributed by atoms with E-state index in [2.05, 4.69) is 15.2 Å². The van der Waals surface area contributed by atoms with Crippen molar-refractivity contribution in [2.24, 2.45) is 7.05 Å². The third kappa shape index (κ3) is 2.90. The van der Waals surface area contributed by atoms with Crippen molar-refractivity contribution in [2.45, 2.75) is 6.54 Å². The van der Waals surface area contributed by atoms with Crippen LogP contribution in [0.2, 0.25) is 0 Å². The quantitative estimate of drug-likeness (QED) is 0.436. The van der Waals surface area contributed by atoms with Crippen LogP contribution < -0.4 is 5.56 Å². The second kappa shape index (κ2) is 7.02. The van der Waals surface area contributed by atoms with Gasteiger partial charge in [-0.25, -0.2) is 9.67 Å². The summed E-state index contributed by atoms with van der Waals surface area (Å²) in [4.78, 5) is 17.4. The fourth-order valence-corrected chi connectivity index (χ4v) is 3.87. The summed E-state index contributed by atoms with van der Waals surface area (Å²) in [6, 6.07) is 17.9. The van der Waals surface area contributed by atoms with E-state index in [0.29, 0.717) is 23.8 Å². The number of hydrogen-bond donors (Lipinski definition) is 0. The Hall–Kier alpha value is -4.53. The van der Waals surface area contributed by atoms with E-state index in [-0.39, 0.29) is 5.56 Å². The van der Waals surface area contributed by atoms with E-state index < -0.39 is 0 Å². The maximum Gasteiger partial charge on any atom is 0.302 e. The van der Waals surface area contributed by atoms with Crippen molar-refractivity contribution in [1.82, 2.24) is 38.9 Å². The number of fused-ring (bicyclic) bond motifs is 3.